The molecule has 1 aliphatic rings. The highest BCUT2D eigenvalue weighted by molar-refractivity contribution is 7.98. The van der Waals surface area contributed by atoms with Crippen LogP contribution in [0.2, 0.25) is 0 Å². The topological polar surface area (TPSA) is 20.3 Å². The predicted octanol–water partition coefficient (Wildman–Crippen LogP) is 3.28. The Kier molecular flexibility index (Phi) is 4.11. The van der Waals surface area contributed by atoms with Crippen LogP contribution in [0.3, 0.4) is 0 Å². The molecule has 1 unspecified atom stereocenters. The summed E-state index contributed by atoms with van der Waals surface area (Å²) in [5, 5.41) is 0. The van der Waals surface area contributed by atoms with E-state index >= 15 is 0 Å². The van der Waals surface area contributed by atoms with Gasteiger partial charge in [-0.2, -0.15) is 0 Å². The van der Waals surface area contributed by atoms with Crippen LogP contribution in [0.25, 0.3) is 0 Å². The standard InChI is InChI=1S/C14H19NOS/c1-11-6-5-9-15(10-11)14(16)12-7-3-4-8-13(12)17-2/h3-4,7-8,11H,5-6,9-10H2,1-2H3. The largest absolute Gasteiger partial charge is 0.338 e. The van der Waals surface area contributed by atoms with E-state index in [4.69, 9.17) is 0 Å². The molecule has 0 bridgehead atoms. The van der Waals surface area contributed by atoms with E-state index in [1.54, 1.807) is 11.8 Å². The number of thioether (sulfide) groups is 1. The molecule has 1 atom stereocenters. The highest BCUT2D eigenvalue weighted by Crippen LogP contribution is 2.24. The minimum atomic E-state index is 0.196. The molecule has 1 aliphatic heterocycles. The molecule has 1 aromatic rings. The lowest BCUT2D eigenvalue weighted by atomic mass is 9.99. The maximum atomic E-state index is 12.4. The number of amides is 1. The first kappa shape index (κ1) is 12.5. The lowest BCUT2D eigenvalue weighted by Gasteiger charge is -2.31. The fourth-order valence-electron chi connectivity index (χ4n) is 2.37. The number of hydrogen-bond acceptors (Lipinski definition) is 2. The molecule has 17 heavy (non-hydrogen) atoms. The van der Waals surface area contributed by atoms with E-state index in [9.17, 15) is 4.79 Å². The SMILES string of the molecule is CSc1ccccc1C(=O)N1CCCC(C)C1. The average Bonchev–Trinajstić information content (AvgIpc) is 2.38. The molecule has 1 amide bonds. The molecule has 0 radical (unpaired) electrons. The van der Waals surface area contributed by atoms with Crippen molar-refractivity contribution in [2.45, 2.75) is 24.7 Å². The Labute approximate surface area is 107 Å². The fraction of sp³-hybridized carbons (Fsp3) is 0.500. The van der Waals surface area contributed by atoms with E-state index in [0.29, 0.717) is 5.92 Å². The fourth-order valence-corrected chi connectivity index (χ4v) is 2.96. The van der Waals surface area contributed by atoms with E-state index in [0.717, 1.165) is 30.0 Å². The first-order chi connectivity index (χ1) is 8.22. The zero-order valence-electron chi connectivity index (χ0n) is 10.5. The molecule has 2 rings (SSSR count). The molecule has 0 spiro atoms. The van der Waals surface area contributed by atoms with Gasteiger partial charge in [0.15, 0.2) is 0 Å². The molecule has 2 nitrogen and oxygen atoms in total. The van der Waals surface area contributed by atoms with Crippen molar-refractivity contribution in [3.05, 3.63) is 29.8 Å². The minimum absolute atomic E-state index is 0.196. The van der Waals surface area contributed by atoms with Crippen molar-refractivity contribution in [2.24, 2.45) is 5.92 Å². The summed E-state index contributed by atoms with van der Waals surface area (Å²) in [5.74, 6) is 0.829. The Morgan fingerprint density at radius 1 is 1.41 bits per heavy atom. The molecule has 1 aromatic carbocycles. The molecular formula is C14H19NOS. The summed E-state index contributed by atoms with van der Waals surface area (Å²) >= 11 is 1.64. The summed E-state index contributed by atoms with van der Waals surface area (Å²) in [4.78, 5) is 15.5. The van der Waals surface area contributed by atoms with Crippen molar-refractivity contribution in [1.29, 1.82) is 0 Å². The molecule has 0 aliphatic carbocycles. The van der Waals surface area contributed by atoms with Crippen LogP contribution in [0.4, 0.5) is 0 Å². The Balaban J connectivity index is 2.18. The van der Waals surface area contributed by atoms with Gasteiger partial charge in [-0.15, -0.1) is 11.8 Å². The number of hydrogen-bond donors (Lipinski definition) is 0. The van der Waals surface area contributed by atoms with Crippen molar-refractivity contribution >= 4 is 17.7 Å². The van der Waals surface area contributed by atoms with E-state index < -0.39 is 0 Å². The van der Waals surface area contributed by atoms with Gasteiger partial charge in [0.05, 0.1) is 5.56 Å². The Morgan fingerprint density at radius 2 is 2.18 bits per heavy atom. The number of likely N-dealkylation sites (tertiary alicyclic amines) is 1. The average molecular weight is 249 g/mol. The van der Waals surface area contributed by atoms with E-state index in [2.05, 4.69) is 6.92 Å². The van der Waals surface area contributed by atoms with E-state index in [1.165, 1.54) is 6.42 Å². The summed E-state index contributed by atoms with van der Waals surface area (Å²) in [6.07, 6.45) is 4.40. The third kappa shape index (κ3) is 2.83. The maximum Gasteiger partial charge on any atom is 0.254 e. The highest BCUT2D eigenvalue weighted by atomic mass is 32.2. The number of rotatable bonds is 2. The van der Waals surface area contributed by atoms with Crippen LogP contribution >= 0.6 is 11.8 Å². The molecule has 1 heterocycles. The zero-order valence-corrected chi connectivity index (χ0v) is 11.3. The predicted molar refractivity (Wildman–Crippen MR) is 72.5 cm³/mol. The van der Waals surface area contributed by atoms with Gasteiger partial charge < -0.3 is 4.90 Å². The summed E-state index contributed by atoms with van der Waals surface area (Å²) < 4.78 is 0. The summed E-state index contributed by atoms with van der Waals surface area (Å²) in [6, 6.07) is 7.89. The molecule has 92 valence electrons. The number of piperidine rings is 1. The van der Waals surface area contributed by atoms with Crippen LogP contribution in [-0.2, 0) is 0 Å². The monoisotopic (exact) mass is 249 g/mol. The van der Waals surface area contributed by atoms with Gasteiger partial charge in [-0.1, -0.05) is 19.1 Å². The van der Waals surface area contributed by atoms with Crippen LogP contribution < -0.4 is 0 Å². The molecule has 0 aromatic heterocycles. The van der Waals surface area contributed by atoms with Gasteiger partial charge in [0.1, 0.15) is 0 Å². The second-order valence-corrected chi connectivity index (χ2v) is 5.55. The van der Waals surface area contributed by atoms with Crippen molar-refractivity contribution in [3.63, 3.8) is 0 Å². The van der Waals surface area contributed by atoms with Crippen LogP contribution in [0, 0.1) is 5.92 Å². The van der Waals surface area contributed by atoms with Crippen LogP contribution in [0.1, 0.15) is 30.1 Å². The van der Waals surface area contributed by atoms with Gasteiger partial charge in [-0.05, 0) is 37.1 Å². The maximum absolute atomic E-state index is 12.4. The molecule has 1 saturated heterocycles. The lowest BCUT2D eigenvalue weighted by molar-refractivity contribution is 0.0679. The molecule has 0 N–H and O–H groups in total. The van der Waals surface area contributed by atoms with Crippen LogP contribution in [0.5, 0.6) is 0 Å². The van der Waals surface area contributed by atoms with Gasteiger partial charge in [0.25, 0.3) is 5.91 Å². The Morgan fingerprint density at radius 3 is 2.88 bits per heavy atom. The highest BCUT2D eigenvalue weighted by Gasteiger charge is 2.23. The van der Waals surface area contributed by atoms with Gasteiger partial charge in [-0.3, -0.25) is 4.79 Å². The minimum Gasteiger partial charge on any atom is -0.338 e. The normalized spacial score (nSPS) is 20.4. The number of carbonyl (C=O) groups is 1. The smallest absolute Gasteiger partial charge is 0.254 e. The number of nitrogens with zero attached hydrogens (tertiary/aromatic N) is 1. The first-order valence-corrected chi connectivity index (χ1v) is 7.37. The van der Waals surface area contributed by atoms with Crippen molar-refractivity contribution < 1.29 is 4.79 Å². The van der Waals surface area contributed by atoms with Gasteiger partial charge >= 0.3 is 0 Å². The zero-order chi connectivity index (χ0) is 12.3. The Bertz CT molecular complexity index is 405. The van der Waals surface area contributed by atoms with E-state index in [1.807, 2.05) is 35.4 Å². The summed E-state index contributed by atoms with van der Waals surface area (Å²) in [5.41, 5.74) is 0.856. The molecule has 0 saturated carbocycles. The summed E-state index contributed by atoms with van der Waals surface area (Å²) in [7, 11) is 0. The van der Waals surface area contributed by atoms with Crippen LogP contribution in [0.15, 0.2) is 29.2 Å². The van der Waals surface area contributed by atoms with Crippen molar-refractivity contribution in [3.8, 4) is 0 Å². The van der Waals surface area contributed by atoms with Crippen molar-refractivity contribution in [1.82, 2.24) is 4.90 Å². The van der Waals surface area contributed by atoms with Gasteiger partial charge in [-0.25, -0.2) is 0 Å². The molecular weight excluding hydrogens is 230 g/mol. The van der Waals surface area contributed by atoms with Crippen LogP contribution in [-0.4, -0.2) is 30.2 Å². The summed E-state index contributed by atoms with van der Waals surface area (Å²) in [6.45, 7) is 4.04. The van der Waals surface area contributed by atoms with Gasteiger partial charge in [0, 0.05) is 18.0 Å². The lowest BCUT2D eigenvalue weighted by Crippen LogP contribution is -2.39. The third-order valence-electron chi connectivity index (χ3n) is 3.28. The third-order valence-corrected chi connectivity index (χ3v) is 4.08. The molecule has 3 heteroatoms. The quantitative estimate of drug-likeness (QED) is 0.750. The van der Waals surface area contributed by atoms with Gasteiger partial charge in [0.2, 0.25) is 0 Å². The Hall–Kier alpha value is -0.960. The number of carbonyl (C=O) groups excluding carboxylic acids is 1. The first-order valence-electron chi connectivity index (χ1n) is 6.14. The molecule has 1 fully saturated rings. The van der Waals surface area contributed by atoms with E-state index in [-0.39, 0.29) is 5.91 Å². The van der Waals surface area contributed by atoms with Crippen molar-refractivity contribution in [2.75, 3.05) is 19.3 Å². The second-order valence-electron chi connectivity index (χ2n) is 4.70. The second kappa shape index (κ2) is 5.58. The number of benzene rings is 1.